The van der Waals surface area contributed by atoms with Gasteiger partial charge in [0, 0.05) is 5.56 Å². The highest BCUT2D eigenvalue weighted by Gasteiger charge is 2.08. The highest BCUT2D eigenvalue weighted by Crippen LogP contribution is 2.22. The highest BCUT2D eigenvalue weighted by atomic mass is 16.5. The van der Waals surface area contributed by atoms with E-state index in [1.54, 1.807) is 6.20 Å². The van der Waals surface area contributed by atoms with Gasteiger partial charge < -0.3 is 10.1 Å². The van der Waals surface area contributed by atoms with Crippen LogP contribution < -0.4 is 10.1 Å². The first-order chi connectivity index (χ1) is 9.58. The average molecular weight is 273 g/mol. The van der Waals surface area contributed by atoms with E-state index in [2.05, 4.69) is 15.5 Å². The lowest BCUT2D eigenvalue weighted by atomic mass is 10.1. The minimum absolute atomic E-state index is 0.0939. The molecule has 5 nitrogen and oxygen atoms in total. The highest BCUT2D eigenvalue weighted by molar-refractivity contribution is 5.90. The molecule has 0 atom stereocenters. The molecule has 0 saturated carbocycles. The molecule has 1 aromatic carbocycles. The van der Waals surface area contributed by atoms with Crippen LogP contribution in [0.3, 0.4) is 0 Å². The Morgan fingerprint density at radius 3 is 2.55 bits per heavy atom. The maximum atomic E-state index is 11.8. The molecule has 0 radical (unpaired) electrons. The van der Waals surface area contributed by atoms with Crippen LogP contribution in [0.1, 0.15) is 23.1 Å². The number of hydrogen-bond donors (Lipinski definition) is 2. The van der Waals surface area contributed by atoms with Crippen molar-refractivity contribution < 1.29 is 9.53 Å². The van der Waals surface area contributed by atoms with Crippen LogP contribution in [0.25, 0.3) is 0 Å². The van der Waals surface area contributed by atoms with Gasteiger partial charge in [-0.2, -0.15) is 5.10 Å². The van der Waals surface area contributed by atoms with Gasteiger partial charge in [-0.3, -0.25) is 9.89 Å². The number of benzene rings is 1. The Hall–Kier alpha value is -2.30. The fraction of sp³-hybridized carbons (Fsp3) is 0.333. The number of anilines is 1. The minimum Gasteiger partial charge on any atom is -0.493 e. The number of nitrogens with one attached hydrogen (secondary N) is 2. The van der Waals surface area contributed by atoms with Gasteiger partial charge >= 0.3 is 0 Å². The van der Waals surface area contributed by atoms with E-state index in [4.69, 9.17) is 4.74 Å². The third kappa shape index (κ3) is 3.38. The summed E-state index contributed by atoms with van der Waals surface area (Å²) in [5.41, 5.74) is 3.07. The predicted molar refractivity (Wildman–Crippen MR) is 78.0 cm³/mol. The Bertz CT molecular complexity index is 585. The van der Waals surface area contributed by atoms with Crippen molar-refractivity contribution >= 4 is 11.7 Å². The summed E-state index contributed by atoms with van der Waals surface area (Å²) in [5.74, 6) is 1.41. The van der Waals surface area contributed by atoms with Crippen molar-refractivity contribution in [2.45, 2.75) is 27.2 Å². The van der Waals surface area contributed by atoms with E-state index in [1.807, 2.05) is 39.0 Å². The van der Waals surface area contributed by atoms with Crippen molar-refractivity contribution in [1.82, 2.24) is 10.2 Å². The molecule has 0 fully saturated rings. The lowest BCUT2D eigenvalue weighted by molar-refractivity contribution is -0.116. The first kappa shape index (κ1) is 14.1. The third-order valence-electron chi connectivity index (χ3n) is 3.08. The zero-order chi connectivity index (χ0) is 14.5. The Morgan fingerprint density at radius 2 is 1.95 bits per heavy atom. The van der Waals surface area contributed by atoms with E-state index in [-0.39, 0.29) is 5.91 Å². The lowest BCUT2D eigenvalue weighted by Gasteiger charge is -2.11. The van der Waals surface area contributed by atoms with Crippen molar-refractivity contribution in [3.05, 3.63) is 41.1 Å². The van der Waals surface area contributed by atoms with Crippen LogP contribution in [0.4, 0.5) is 5.82 Å². The second kappa shape index (κ2) is 6.23. The molecule has 2 rings (SSSR count). The molecule has 2 aromatic rings. The van der Waals surface area contributed by atoms with Crippen LogP contribution in [0.15, 0.2) is 24.4 Å². The molecule has 5 heteroatoms. The molecule has 0 saturated heterocycles. The van der Waals surface area contributed by atoms with Crippen molar-refractivity contribution in [2.24, 2.45) is 0 Å². The Morgan fingerprint density at radius 1 is 1.25 bits per heavy atom. The molecule has 2 N–H and O–H groups in total. The largest absolute Gasteiger partial charge is 0.493 e. The summed E-state index contributed by atoms with van der Waals surface area (Å²) >= 11 is 0. The van der Waals surface area contributed by atoms with Gasteiger partial charge in [0.05, 0.1) is 19.2 Å². The summed E-state index contributed by atoms with van der Waals surface area (Å²) in [6, 6.07) is 5.98. The topological polar surface area (TPSA) is 67.0 Å². The van der Waals surface area contributed by atoms with Crippen LogP contribution >= 0.6 is 0 Å². The number of ether oxygens (including phenoxy) is 1. The fourth-order valence-electron chi connectivity index (χ4n) is 1.95. The van der Waals surface area contributed by atoms with E-state index >= 15 is 0 Å². The second-order valence-corrected chi connectivity index (χ2v) is 4.80. The van der Waals surface area contributed by atoms with E-state index < -0.39 is 0 Å². The zero-order valence-electron chi connectivity index (χ0n) is 12.0. The van der Waals surface area contributed by atoms with Crippen molar-refractivity contribution in [2.75, 3.05) is 11.9 Å². The van der Waals surface area contributed by atoms with E-state index in [0.29, 0.717) is 18.8 Å². The van der Waals surface area contributed by atoms with Gasteiger partial charge in [-0.15, -0.1) is 0 Å². The average Bonchev–Trinajstić information content (AvgIpc) is 2.79. The molecule has 0 bridgehead atoms. The Kier molecular flexibility index (Phi) is 4.40. The second-order valence-electron chi connectivity index (χ2n) is 4.80. The number of nitrogens with zero attached hydrogens (tertiary/aromatic N) is 1. The third-order valence-corrected chi connectivity index (χ3v) is 3.08. The summed E-state index contributed by atoms with van der Waals surface area (Å²) in [7, 11) is 0. The molecule has 1 amide bonds. The van der Waals surface area contributed by atoms with Crippen molar-refractivity contribution in [3.8, 4) is 5.75 Å². The van der Waals surface area contributed by atoms with Gasteiger partial charge in [-0.25, -0.2) is 0 Å². The summed E-state index contributed by atoms with van der Waals surface area (Å²) in [6.07, 6.45) is 1.97. The number of carbonyl (C=O) groups is 1. The lowest BCUT2D eigenvalue weighted by Crippen LogP contribution is -2.16. The standard InChI is InChI=1S/C15H19N3O2/c1-10-5-4-6-11(2)14(10)20-8-7-13(19)17-15-12(3)9-16-18-15/h4-6,9H,7-8H2,1-3H3,(H2,16,17,18,19). The molecule has 106 valence electrons. The minimum atomic E-state index is -0.0939. The van der Waals surface area contributed by atoms with Crippen molar-refractivity contribution in [1.29, 1.82) is 0 Å². The molecular formula is C15H19N3O2. The maximum absolute atomic E-state index is 11.8. The van der Waals surface area contributed by atoms with Crippen LogP contribution in [-0.4, -0.2) is 22.7 Å². The molecule has 0 unspecified atom stereocenters. The van der Waals surface area contributed by atoms with Gasteiger partial charge in [0.1, 0.15) is 11.6 Å². The number of H-pyrrole nitrogens is 1. The Labute approximate surface area is 118 Å². The predicted octanol–water partition coefficient (Wildman–Crippen LogP) is 2.74. The van der Waals surface area contributed by atoms with Crippen molar-refractivity contribution in [3.63, 3.8) is 0 Å². The van der Waals surface area contributed by atoms with Gasteiger partial charge in [-0.1, -0.05) is 18.2 Å². The smallest absolute Gasteiger partial charge is 0.228 e. The quantitative estimate of drug-likeness (QED) is 0.880. The van der Waals surface area contributed by atoms with Gasteiger partial charge in [-0.05, 0) is 31.9 Å². The number of aromatic nitrogens is 2. The number of amides is 1. The van der Waals surface area contributed by atoms with Crippen LogP contribution in [0.5, 0.6) is 5.75 Å². The first-order valence-electron chi connectivity index (χ1n) is 6.56. The number of aromatic amines is 1. The van der Waals surface area contributed by atoms with Gasteiger partial charge in [0.15, 0.2) is 0 Å². The molecule has 0 aliphatic heterocycles. The number of rotatable bonds is 5. The molecule has 1 heterocycles. The summed E-state index contributed by atoms with van der Waals surface area (Å²) in [5, 5.41) is 9.36. The molecule has 0 spiro atoms. The van der Waals surface area contributed by atoms with E-state index in [1.165, 1.54) is 0 Å². The molecule has 20 heavy (non-hydrogen) atoms. The SMILES string of the molecule is Cc1cn[nH]c1NC(=O)CCOc1c(C)cccc1C. The number of para-hydroxylation sites is 1. The molecule has 0 aliphatic carbocycles. The van der Waals surface area contributed by atoms with Crippen LogP contribution in [0.2, 0.25) is 0 Å². The first-order valence-corrected chi connectivity index (χ1v) is 6.56. The fourth-order valence-corrected chi connectivity index (χ4v) is 1.95. The monoisotopic (exact) mass is 273 g/mol. The van der Waals surface area contributed by atoms with Crippen LogP contribution in [0, 0.1) is 20.8 Å². The molecular weight excluding hydrogens is 254 g/mol. The normalized spacial score (nSPS) is 10.3. The van der Waals surface area contributed by atoms with E-state index in [9.17, 15) is 4.79 Å². The van der Waals surface area contributed by atoms with Crippen LogP contribution in [-0.2, 0) is 4.79 Å². The van der Waals surface area contributed by atoms with E-state index in [0.717, 1.165) is 22.4 Å². The van der Waals surface area contributed by atoms with Gasteiger partial charge in [0.2, 0.25) is 5.91 Å². The summed E-state index contributed by atoms with van der Waals surface area (Å²) in [6.45, 7) is 6.23. The number of hydrogen-bond acceptors (Lipinski definition) is 3. The Balaban J connectivity index is 1.84. The summed E-state index contributed by atoms with van der Waals surface area (Å²) in [4.78, 5) is 11.8. The number of carbonyl (C=O) groups excluding carboxylic acids is 1. The zero-order valence-corrected chi connectivity index (χ0v) is 12.0. The summed E-state index contributed by atoms with van der Waals surface area (Å²) < 4.78 is 5.70. The van der Waals surface area contributed by atoms with Gasteiger partial charge in [0.25, 0.3) is 0 Å². The number of aryl methyl sites for hydroxylation is 3. The molecule has 0 aliphatic rings. The molecule has 1 aromatic heterocycles. The maximum Gasteiger partial charge on any atom is 0.228 e.